The lowest BCUT2D eigenvalue weighted by Crippen LogP contribution is -2.52. The van der Waals surface area contributed by atoms with Crippen LogP contribution < -0.4 is 0 Å². The van der Waals surface area contributed by atoms with E-state index in [-0.39, 0.29) is 28.6 Å². The molecule has 0 N–H and O–H groups in total. The second-order valence-corrected chi connectivity index (χ2v) is 9.07. The molecule has 1 atom stereocenters. The highest BCUT2D eigenvalue weighted by molar-refractivity contribution is 5.86. The number of carbonyl (C=O) groups is 2. The molecule has 3 aliphatic heterocycles. The summed E-state index contributed by atoms with van der Waals surface area (Å²) in [6, 6.07) is 0. The molecule has 2 amide bonds. The van der Waals surface area contributed by atoms with Crippen molar-refractivity contribution in [3.8, 4) is 0 Å². The Bertz CT molecular complexity index is 493. The third-order valence-electron chi connectivity index (χ3n) is 5.73. The third kappa shape index (κ3) is 3.61. The van der Waals surface area contributed by atoms with E-state index in [4.69, 9.17) is 4.74 Å². The van der Waals surface area contributed by atoms with Gasteiger partial charge in [0.1, 0.15) is 0 Å². The van der Waals surface area contributed by atoms with Crippen molar-refractivity contribution in [3.63, 3.8) is 0 Å². The maximum Gasteiger partial charge on any atom is 0.230 e. The number of rotatable bonds is 2. The fourth-order valence-corrected chi connectivity index (χ4v) is 4.52. The molecule has 136 valence electrons. The lowest BCUT2D eigenvalue weighted by molar-refractivity contribution is -0.148. The van der Waals surface area contributed by atoms with Crippen LogP contribution in [0.2, 0.25) is 0 Å². The monoisotopic (exact) mass is 336 g/mol. The van der Waals surface area contributed by atoms with Gasteiger partial charge < -0.3 is 14.5 Å². The van der Waals surface area contributed by atoms with E-state index in [1.54, 1.807) is 0 Å². The average molecular weight is 336 g/mol. The molecule has 0 aromatic carbocycles. The van der Waals surface area contributed by atoms with Crippen molar-refractivity contribution >= 4 is 11.8 Å². The summed E-state index contributed by atoms with van der Waals surface area (Å²) in [6.07, 6.45) is 4.48. The summed E-state index contributed by atoms with van der Waals surface area (Å²) in [4.78, 5) is 29.9. The second kappa shape index (κ2) is 6.66. The molecule has 0 radical (unpaired) electrons. The molecule has 0 aromatic rings. The van der Waals surface area contributed by atoms with E-state index in [1.807, 2.05) is 9.80 Å². The van der Waals surface area contributed by atoms with Crippen molar-refractivity contribution in [3.05, 3.63) is 0 Å². The Morgan fingerprint density at radius 3 is 2.58 bits per heavy atom. The van der Waals surface area contributed by atoms with Crippen LogP contribution in [0.5, 0.6) is 0 Å². The maximum absolute atomic E-state index is 13.1. The largest absolute Gasteiger partial charge is 0.381 e. The van der Waals surface area contributed by atoms with Gasteiger partial charge in [-0.3, -0.25) is 9.59 Å². The van der Waals surface area contributed by atoms with Crippen LogP contribution >= 0.6 is 0 Å². The molecule has 24 heavy (non-hydrogen) atoms. The van der Waals surface area contributed by atoms with Crippen LogP contribution in [-0.4, -0.2) is 61.0 Å². The fourth-order valence-electron chi connectivity index (χ4n) is 4.52. The van der Waals surface area contributed by atoms with Crippen LogP contribution in [-0.2, 0) is 14.3 Å². The Labute approximate surface area is 145 Å². The minimum atomic E-state index is -0.315. The summed E-state index contributed by atoms with van der Waals surface area (Å²) in [5, 5.41) is 0. The minimum Gasteiger partial charge on any atom is -0.381 e. The zero-order valence-corrected chi connectivity index (χ0v) is 15.5. The molecule has 5 heteroatoms. The van der Waals surface area contributed by atoms with Gasteiger partial charge in [0.05, 0.1) is 5.41 Å². The predicted molar refractivity (Wildman–Crippen MR) is 92.4 cm³/mol. The standard InChI is InChI=1S/C19H32N2O3/c1-18(2,3)13-21-9-4-7-19(17(21)23)8-10-20(14-19)16(22)15-5-11-24-12-6-15/h15H,4-14H2,1-3H3. The van der Waals surface area contributed by atoms with E-state index < -0.39 is 0 Å². The SMILES string of the molecule is CC(C)(C)CN1CCCC2(CCN(C(=O)C3CCOCC3)C2)C1=O. The lowest BCUT2D eigenvalue weighted by Gasteiger charge is -2.42. The Morgan fingerprint density at radius 1 is 1.21 bits per heavy atom. The fraction of sp³-hybridized carbons (Fsp3) is 0.895. The molecule has 3 saturated heterocycles. The van der Waals surface area contributed by atoms with Crippen molar-refractivity contribution in [2.24, 2.45) is 16.7 Å². The smallest absolute Gasteiger partial charge is 0.230 e. The van der Waals surface area contributed by atoms with Crippen LogP contribution in [0.3, 0.4) is 0 Å². The number of likely N-dealkylation sites (tertiary alicyclic amines) is 2. The van der Waals surface area contributed by atoms with Gasteiger partial charge in [-0.2, -0.15) is 0 Å². The highest BCUT2D eigenvalue weighted by Crippen LogP contribution is 2.41. The molecule has 0 aromatic heterocycles. The average Bonchev–Trinajstić information content (AvgIpc) is 2.96. The van der Waals surface area contributed by atoms with E-state index in [1.165, 1.54) is 0 Å². The topological polar surface area (TPSA) is 49.9 Å². The molecule has 1 spiro atoms. The number of amides is 2. The molecular formula is C19H32N2O3. The minimum absolute atomic E-state index is 0.0956. The van der Waals surface area contributed by atoms with E-state index in [0.717, 1.165) is 51.7 Å². The predicted octanol–water partition coefficient (Wildman–Crippen LogP) is 2.30. The van der Waals surface area contributed by atoms with Gasteiger partial charge in [-0.1, -0.05) is 20.8 Å². The first kappa shape index (κ1) is 17.7. The lowest BCUT2D eigenvalue weighted by atomic mass is 9.77. The van der Waals surface area contributed by atoms with Gasteiger partial charge >= 0.3 is 0 Å². The first-order chi connectivity index (χ1) is 11.3. The van der Waals surface area contributed by atoms with Gasteiger partial charge in [0.15, 0.2) is 0 Å². The van der Waals surface area contributed by atoms with Crippen LogP contribution in [0.25, 0.3) is 0 Å². The van der Waals surface area contributed by atoms with Crippen molar-refractivity contribution in [1.82, 2.24) is 9.80 Å². The van der Waals surface area contributed by atoms with Crippen LogP contribution in [0.4, 0.5) is 0 Å². The zero-order valence-electron chi connectivity index (χ0n) is 15.5. The van der Waals surface area contributed by atoms with E-state index in [2.05, 4.69) is 20.8 Å². The first-order valence-corrected chi connectivity index (χ1v) is 9.47. The summed E-state index contributed by atoms with van der Waals surface area (Å²) >= 11 is 0. The molecule has 0 bridgehead atoms. The number of ether oxygens (including phenoxy) is 1. The van der Waals surface area contributed by atoms with Crippen molar-refractivity contribution in [2.75, 3.05) is 39.4 Å². The molecule has 3 rings (SSSR count). The van der Waals surface area contributed by atoms with Gasteiger partial charge in [-0.25, -0.2) is 0 Å². The molecule has 3 heterocycles. The molecule has 0 saturated carbocycles. The van der Waals surface area contributed by atoms with Crippen molar-refractivity contribution < 1.29 is 14.3 Å². The maximum atomic E-state index is 13.1. The van der Waals surface area contributed by atoms with Crippen LogP contribution in [0.15, 0.2) is 0 Å². The first-order valence-electron chi connectivity index (χ1n) is 9.47. The molecular weight excluding hydrogens is 304 g/mol. The zero-order chi connectivity index (χ0) is 17.4. The number of piperidine rings is 1. The quantitative estimate of drug-likeness (QED) is 0.777. The molecule has 1 unspecified atom stereocenters. The Kier molecular flexibility index (Phi) is 4.92. The van der Waals surface area contributed by atoms with E-state index in [9.17, 15) is 9.59 Å². The van der Waals surface area contributed by atoms with E-state index >= 15 is 0 Å². The van der Waals surface area contributed by atoms with Gasteiger partial charge in [0.2, 0.25) is 11.8 Å². The number of hydrogen-bond acceptors (Lipinski definition) is 3. The van der Waals surface area contributed by atoms with Gasteiger partial charge in [-0.05, 0) is 37.5 Å². The molecule has 0 aliphatic carbocycles. The number of nitrogens with zero attached hydrogens (tertiary/aromatic N) is 2. The normalized spacial score (nSPS) is 29.5. The summed E-state index contributed by atoms with van der Waals surface area (Å²) in [5.74, 6) is 0.625. The highest BCUT2D eigenvalue weighted by Gasteiger charge is 2.50. The Hall–Kier alpha value is -1.10. The van der Waals surface area contributed by atoms with E-state index in [0.29, 0.717) is 19.8 Å². The van der Waals surface area contributed by atoms with Gasteiger partial charge in [-0.15, -0.1) is 0 Å². The molecule has 3 fully saturated rings. The van der Waals surface area contributed by atoms with Gasteiger partial charge in [0, 0.05) is 45.3 Å². The highest BCUT2D eigenvalue weighted by atomic mass is 16.5. The summed E-state index contributed by atoms with van der Waals surface area (Å²) in [6.45, 7) is 11.0. The number of hydrogen-bond donors (Lipinski definition) is 0. The Balaban J connectivity index is 1.66. The number of carbonyl (C=O) groups excluding carboxylic acids is 2. The van der Waals surface area contributed by atoms with Crippen LogP contribution in [0.1, 0.15) is 52.9 Å². The molecule has 5 nitrogen and oxygen atoms in total. The van der Waals surface area contributed by atoms with Crippen LogP contribution in [0, 0.1) is 16.7 Å². The van der Waals surface area contributed by atoms with Crippen molar-refractivity contribution in [1.29, 1.82) is 0 Å². The van der Waals surface area contributed by atoms with Crippen molar-refractivity contribution in [2.45, 2.75) is 52.9 Å². The summed E-state index contributed by atoms with van der Waals surface area (Å²) in [5.41, 5.74) is -0.200. The second-order valence-electron chi connectivity index (χ2n) is 9.07. The molecule has 3 aliphatic rings. The third-order valence-corrected chi connectivity index (χ3v) is 5.73. The summed E-state index contributed by atoms with van der Waals surface area (Å²) < 4.78 is 5.37. The Morgan fingerprint density at radius 2 is 1.92 bits per heavy atom. The van der Waals surface area contributed by atoms with Gasteiger partial charge in [0.25, 0.3) is 0 Å². The summed E-state index contributed by atoms with van der Waals surface area (Å²) in [7, 11) is 0.